The quantitative estimate of drug-likeness (QED) is 0.631. The van der Waals surface area contributed by atoms with Crippen LogP contribution in [0.4, 0.5) is 5.69 Å². The van der Waals surface area contributed by atoms with E-state index in [1.807, 2.05) is 38.1 Å². The third kappa shape index (κ3) is 4.73. The molecule has 0 heterocycles. The maximum atomic E-state index is 6.30. The van der Waals surface area contributed by atoms with Crippen molar-refractivity contribution in [2.24, 2.45) is 4.99 Å². The second-order valence-electron chi connectivity index (χ2n) is 4.97. The van der Waals surface area contributed by atoms with Crippen molar-refractivity contribution in [1.29, 1.82) is 0 Å². The fraction of sp³-hybridized carbons (Fsp3) is 0.316. The van der Waals surface area contributed by atoms with Crippen molar-refractivity contribution in [3.05, 3.63) is 52.5 Å². The zero-order valence-electron chi connectivity index (χ0n) is 13.8. The van der Waals surface area contributed by atoms with E-state index < -0.39 is 0 Å². The summed E-state index contributed by atoms with van der Waals surface area (Å²) in [5.74, 6) is 1.23. The molecule has 0 saturated heterocycles. The molecule has 0 aromatic heterocycles. The minimum Gasteiger partial charge on any atom is -0.490 e. The Hall–Kier alpha value is -2.00. The van der Waals surface area contributed by atoms with Gasteiger partial charge in [-0.15, -0.1) is 0 Å². The first-order valence-electron chi connectivity index (χ1n) is 7.90. The van der Waals surface area contributed by atoms with Crippen LogP contribution in [0.3, 0.4) is 0 Å². The number of halogens is 1. The lowest BCUT2D eigenvalue weighted by molar-refractivity contribution is 0.288. The minimum atomic E-state index is 0.528. The lowest BCUT2D eigenvalue weighted by atomic mass is 10.1. The van der Waals surface area contributed by atoms with E-state index in [0.717, 1.165) is 17.7 Å². The van der Waals surface area contributed by atoms with E-state index >= 15 is 0 Å². The average molecular weight is 332 g/mol. The fourth-order valence-corrected chi connectivity index (χ4v) is 2.45. The molecule has 0 atom stereocenters. The maximum Gasteiger partial charge on any atom is 0.179 e. The molecule has 0 amide bonds. The lowest BCUT2D eigenvalue weighted by Gasteiger charge is -2.13. The van der Waals surface area contributed by atoms with Crippen LogP contribution in [0.2, 0.25) is 5.02 Å². The van der Waals surface area contributed by atoms with Crippen LogP contribution < -0.4 is 9.47 Å². The van der Waals surface area contributed by atoms with Gasteiger partial charge in [0.05, 0.1) is 23.9 Å². The number of benzene rings is 2. The number of hydrogen-bond donors (Lipinski definition) is 0. The van der Waals surface area contributed by atoms with Crippen LogP contribution in [-0.4, -0.2) is 19.4 Å². The number of aryl methyl sites for hydroxylation is 1. The summed E-state index contributed by atoms with van der Waals surface area (Å²) in [7, 11) is 0. The summed E-state index contributed by atoms with van der Waals surface area (Å²) < 4.78 is 11.2. The summed E-state index contributed by atoms with van der Waals surface area (Å²) in [6.45, 7) is 7.07. The molecule has 2 rings (SSSR count). The summed E-state index contributed by atoms with van der Waals surface area (Å²) in [6, 6.07) is 11.9. The first kappa shape index (κ1) is 17.4. The molecule has 0 aliphatic rings. The third-order valence-electron chi connectivity index (χ3n) is 3.33. The molecule has 0 N–H and O–H groups in total. The van der Waals surface area contributed by atoms with E-state index in [2.05, 4.69) is 24.0 Å². The number of hydrogen-bond acceptors (Lipinski definition) is 3. The molecule has 0 saturated carbocycles. The van der Waals surface area contributed by atoms with E-state index in [1.165, 1.54) is 5.56 Å². The molecule has 0 spiro atoms. The van der Waals surface area contributed by atoms with Gasteiger partial charge in [0.1, 0.15) is 0 Å². The van der Waals surface area contributed by atoms with Gasteiger partial charge in [0.25, 0.3) is 0 Å². The first-order valence-corrected chi connectivity index (χ1v) is 8.27. The first-order chi connectivity index (χ1) is 11.2. The molecular weight excluding hydrogens is 310 g/mol. The van der Waals surface area contributed by atoms with Crippen LogP contribution in [0.1, 0.15) is 31.9 Å². The van der Waals surface area contributed by atoms with E-state index in [9.17, 15) is 0 Å². The Kier molecular flexibility index (Phi) is 6.48. The van der Waals surface area contributed by atoms with Gasteiger partial charge in [0.15, 0.2) is 11.5 Å². The molecule has 2 aromatic carbocycles. The SMILES string of the molecule is CCOc1cc(C=Nc2ccc(CC)cc2)cc(Cl)c1OCC. The molecule has 122 valence electrons. The summed E-state index contributed by atoms with van der Waals surface area (Å²) in [5.41, 5.74) is 3.08. The van der Waals surface area contributed by atoms with Crippen molar-refractivity contribution >= 4 is 23.5 Å². The molecule has 0 unspecified atom stereocenters. The molecule has 23 heavy (non-hydrogen) atoms. The van der Waals surface area contributed by atoms with Gasteiger partial charge in [-0.2, -0.15) is 0 Å². The van der Waals surface area contributed by atoms with Crippen molar-refractivity contribution in [2.45, 2.75) is 27.2 Å². The van der Waals surface area contributed by atoms with E-state index in [1.54, 1.807) is 6.21 Å². The highest BCUT2D eigenvalue weighted by Gasteiger charge is 2.11. The summed E-state index contributed by atoms with van der Waals surface area (Å²) >= 11 is 6.30. The predicted molar refractivity (Wildman–Crippen MR) is 96.9 cm³/mol. The van der Waals surface area contributed by atoms with E-state index in [-0.39, 0.29) is 0 Å². The Morgan fingerprint density at radius 1 is 1.00 bits per heavy atom. The van der Waals surface area contributed by atoms with Crippen molar-refractivity contribution in [2.75, 3.05) is 13.2 Å². The molecule has 0 bridgehead atoms. The highest BCUT2D eigenvalue weighted by molar-refractivity contribution is 6.32. The summed E-state index contributed by atoms with van der Waals surface area (Å²) in [4.78, 5) is 4.49. The van der Waals surface area contributed by atoms with Gasteiger partial charge >= 0.3 is 0 Å². The van der Waals surface area contributed by atoms with Gasteiger partial charge in [-0.05, 0) is 55.7 Å². The second kappa shape index (κ2) is 8.59. The zero-order chi connectivity index (χ0) is 16.7. The van der Waals surface area contributed by atoms with Crippen LogP contribution in [0.5, 0.6) is 11.5 Å². The fourth-order valence-electron chi connectivity index (χ4n) is 2.18. The van der Waals surface area contributed by atoms with Crippen LogP contribution in [0.15, 0.2) is 41.4 Å². The number of nitrogens with zero attached hydrogens (tertiary/aromatic N) is 1. The highest BCUT2D eigenvalue weighted by Crippen LogP contribution is 2.36. The maximum absolute atomic E-state index is 6.30. The molecule has 3 nitrogen and oxygen atoms in total. The van der Waals surface area contributed by atoms with E-state index in [0.29, 0.717) is 29.7 Å². The molecule has 4 heteroatoms. The average Bonchev–Trinajstić information content (AvgIpc) is 2.57. The van der Waals surface area contributed by atoms with Gasteiger partial charge in [0, 0.05) is 6.21 Å². The third-order valence-corrected chi connectivity index (χ3v) is 3.61. The normalized spacial score (nSPS) is 11.0. The minimum absolute atomic E-state index is 0.528. The monoisotopic (exact) mass is 331 g/mol. The number of aliphatic imine (C=N–C) groups is 1. The zero-order valence-corrected chi connectivity index (χ0v) is 14.6. The second-order valence-corrected chi connectivity index (χ2v) is 5.38. The van der Waals surface area contributed by atoms with Crippen molar-refractivity contribution < 1.29 is 9.47 Å². The lowest BCUT2D eigenvalue weighted by Crippen LogP contribution is -2.00. The van der Waals surface area contributed by atoms with Crippen LogP contribution >= 0.6 is 11.6 Å². The summed E-state index contributed by atoms with van der Waals surface area (Å²) in [5, 5.41) is 0.528. The Labute approximate surface area is 142 Å². The molecular formula is C19H22ClNO2. The Morgan fingerprint density at radius 3 is 2.30 bits per heavy atom. The molecule has 2 aromatic rings. The van der Waals surface area contributed by atoms with Crippen molar-refractivity contribution in [3.63, 3.8) is 0 Å². The molecule has 0 radical (unpaired) electrons. The molecule has 0 aliphatic heterocycles. The smallest absolute Gasteiger partial charge is 0.179 e. The van der Waals surface area contributed by atoms with Gasteiger partial charge in [0.2, 0.25) is 0 Å². The number of ether oxygens (including phenoxy) is 2. The van der Waals surface area contributed by atoms with Crippen LogP contribution in [0, 0.1) is 0 Å². The van der Waals surface area contributed by atoms with Crippen molar-refractivity contribution in [3.8, 4) is 11.5 Å². The Bertz CT molecular complexity index is 666. The van der Waals surface area contributed by atoms with Crippen LogP contribution in [-0.2, 0) is 6.42 Å². The standard InChI is InChI=1S/C19H22ClNO2/c1-4-14-7-9-16(10-8-14)21-13-15-11-17(20)19(23-6-3)18(12-15)22-5-2/h7-13H,4-6H2,1-3H3. The van der Waals surface area contributed by atoms with Gasteiger partial charge < -0.3 is 9.47 Å². The molecule has 0 aliphatic carbocycles. The molecule has 0 fully saturated rings. The van der Waals surface area contributed by atoms with Gasteiger partial charge in [-0.3, -0.25) is 4.99 Å². The largest absolute Gasteiger partial charge is 0.490 e. The Morgan fingerprint density at radius 2 is 1.70 bits per heavy atom. The number of rotatable bonds is 7. The van der Waals surface area contributed by atoms with Crippen LogP contribution in [0.25, 0.3) is 0 Å². The van der Waals surface area contributed by atoms with Gasteiger partial charge in [-0.1, -0.05) is 30.7 Å². The summed E-state index contributed by atoms with van der Waals surface area (Å²) in [6.07, 6.45) is 2.81. The predicted octanol–water partition coefficient (Wildman–Crippen LogP) is 5.45. The Balaban J connectivity index is 2.26. The van der Waals surface area contributed by atoms with E-state index in [4.69, 9.17) is 21.1 Å². The van der Waals surface area contributed by atoms with Gasteiger partial charge in [-0.25, -0.2) is 0 Å². The topological polar surface area (TPSA) is 30.8 Å². The van der Waals surface area contributed by atoms with Crippen molar-refractivity contribution in [1.82, 2.24) is 0 Å². The highest BCUT2D eigenvalue weighted by atomic mass is 35.5.